The van der Waals surface area contributed by atoms with Crippen LogP contribution in [-0.4, -0.2) is 33.0 Å². The van der Waals surface area contributed by atoms with E-state index in [1.807, 2.05) is 18.2 Å². The second kappa shape index (κ2) is 7.14. The molecule has 0 heterocycles. The highest BCUT2D eigenvalue weighted by Crippen LogP contribution is 2.35. The Morgan fingerprint density at radius 2 is 1.71 bits per heavy atom. The first kappa shape index (κ1) is 13.8. The van der Waals surface area contributed by atoms with E-state index in [0.717, 1.165) is 6.42 Å². The third-order valence-corrected chi connectivity index (χ3v) is 2.63. The van der Waals surface area contributed by atoms with E-state index in [1.165, 1.54) is 0 Å². The van der Waals surface area contributed by atoms with Crippen molar-refractivity contribution < 1.29 is 19.3 Å². The van der Waals surface area contributed by atoms with Crippen LogP contribution < -0.4 is 9.47 Å². The summed E-state index contributed by atoms with van der Waals surface area (Å²) in [6.07, 6.45) is 0.805. The molecule has 0 aliphatic rings. The maximum absolute atomic E-state index is 10.2. The average molecular weight is 240 g/mol. The topological polar surface area (TPSA) is 47.9 Å². The van der Waals surface area contributed by atoms with Crippen LogP contribution in [0.15, 0.2) is 18.2 Å². The molecule has 1 unspecified atom stereocenters. The molecule has 1 N–H and O–H groups in total. The van der Waals surface area contributed by atoms with Crippen molar-refractivity contribution in [3.05, 3.63) is 23.8 Å². The van der Waals surface area contributed by atoms with Gasteiger partial charge in [0.2, 0.25) is 0 Å². The number of hydrogen-bond acceptors (Lipinski definition) is 4. The molecule has 0 spiro atoms. The first-order chi connectivity index (χ1) is 8.24. The summed E-state index contributed by atoms with van der Waals surface area (Å²) in [5, 5.41) is 10.2. The molecule has 0 fully saturated rings. The van der Waals surface area contributed by atoms with Gasteiger partial charge in [0.15, 0.2) is 0 Å². The molecule has 4 heteroatoms. The SMILES string of the molecule is COCCCC(O)c1c(OC)cccc1OC. The van der Waals surface area contributed by atoms with Gasteiger partial charge in [0.05, 0.1) is 25.9 Å². The fourth-order valence-electron chi connectivity index (χ4n) is 1.77. The quantitative estimate of drug-likeness (QED) is 0.742. The Morgan fingerprint density at radius 1 is 1.12 bits per heavy atom. The number of hydrogen-bond donors (Lipinski definition) is 1. The predicted octanol–water partition coefficient (Wildman–Crippen LogP) is 2.16. The van der Waals surface area contributed by atoms with E-state index in [2.05, 4.69) is 0 Å². The minimum Gasteiger partial charge on any atom is -0.496 e. The van der Waals surface area contributed by atoms with E-state index in [4.69, 9.17) is 14.2 Å². The molecular formula is C13H20O4. The Bertz CT molecular complexity index is 316. The van der Waals surface area contributed by atoms with Gasteiger partial charge < -0.3 is 19.3 Å². The third kappa shape index (κ3) is 3.61. The van der Waals surface area contributed by atoms with Gasteiger partial charge >= 0.3 is 0 Å². The standard InChI is InChI=1S/C13H20O4/c1-15-9-5-6-10(14)13-11(16-2)7-4-8-12(13)17-3/h4,7-8,10,14H,5-6,9H2,1-3H3. The minimum atomic E-state index is -0.601. The number of aliphatic hydroxyl groups is 1. The van der Waals surface area contributed by atoms with Crippen molar-refractivity contribution in [2.24, 2.45) is 0 Å². The van der Waals surface area contributed by atoms with Gasteiger partial charge in [0, 0.05) is 13.7 Å². The highest BCUT2D eigenvalue weighted by molar-refractivity contribution is 5.46. The lowest BCUT2D eigenvalue weighted by Crippen LogP contribution is -2.04. The fourth-order valence-corrected chi connectivity index (χ4v) is 1.77. The van der Waals surface area contributed by atoms with E-state index in [-0.39, 0.29) is 0 Å². The summed E-state index contributed by atoms with van der Waals surface area (Å²) < 4.78 is 15.5. The zero-order chi connectivity index (χ0) is 12.7. The maximum atomic E-state index is 10.2. The smallest absolute Gasteiger partial charge is 0.128 e. The first-order valence-electron chi connectivity index (χ1n) is 5.62. The first-order valence-corrected chi connectivity index (χ1v) is 5.62. The Kier molecular flexibility index (Phi) is 5.80. The molecule has 1 aromatic carbocycles. The van der Waals surface area contributed by atoms with Crippen LogP contribution in [0.3, 0.4) is 0 Å². The summed E-state index contributed by atoms with van der Waals surface area (Å²) in [5.74, 6) is 1.29. The third-order valence-electron chi connectivity index (χ3n) is 2.63. The van der Waals surface area contributed by atoms with E-state index >= 15 is 0 Å². The largest absolute Gasteiger partial charge is 0.496 e. The predicted molar refractivity (Wildman–Crippen MR) is 65.6 cm³/mol. The Hall–Kier alpha value is -1.26. The molecule has 0 saturated carbocycles. The van der Waals surface area contributed by atoms with Crippen LogP contribution in [0.2, 0.25) is 0 Å². The molecule has 1 aromatic rings. The van der Waals surface area contributed by atoms with Gasteiger partial charge in [0.1, 0.15) is 11.5 Å². The highest BCUT2D eigenvalue weighted by Gasteiger charge is 2.18. The van der Waals surface area contributed by atoms with Crippen LogP contribution in [0.5, 0.6) is 11.5 Å². The monoisotopic (exact) mass is 240 g/mol. The van der Waals surface area contributed by atoms with Gasteiger partial charge in [-0.1, -0.05) is 6.07 Å². The molecule has 0 saturated heterocycles. The summed E-state index contributed by atoms with van der Waals surface area (Å²) >= 11 is 0. The van der Waals surface area contributed by atoms with E-state index in [0.29, 0.717) is 30.1 Å². The minimum absolute atomic E-state index is 0.601. The molecule has 4 nitrogen and oxygen atoms in total. The Labute approximate surface area is 102 Å². The lowest BCUT2D eigenvalue weighted by Gasteiger charge is -2.17. The second-order valence-corrected chi connectivity index (χ2v) is 3.73. The molecule has 0 aliphatic heterocycles. The summed E-state index contributed by atoms with van der Waals surface area (Å²) in [7, 11) is 4.82. The van der Waals surface area contributed by atoms with Crippen LogP contribution in [0, 0.1) is 0 Å². The van der Waals surface area contributed by atoms with Crippen molar-refractivity contribution in [1.82, 2.24) is 0 Å². The lowest BCUT2D eigenvalue weighted by atomic mass is 10.0. The molecule has 1 rings (SSSR count). The Balaban J connectivity index is 2.85. The van der Waals surface area contributed by atoms with E-state index < -0.39 is 6.10 Å². The van der Waals surface area contributed by atoms with Crippen LogP contribution in [0.1, 0.15) is 24.5 Å². The molecule has 17 heavy (non-hydrogen) atoms. The number of rotatable bonds is 7. The Morgan fingerprint density at radius 3 is 2.18 bits per heavy atom. The van der Waals surface area contributed by atoms with Gasteiger partial charge in [-0.05, 0) is 25.0 Å². The van der Waals surface area contributed by atoms with Crippen LogP contribution in [0.25, 0.3) is 0 Å². The number of benzene rings is 1. The second-order valence-electron chi connectivity index (χ2n) is 3.73. The molecule has 0 aliphatic carbocycles. The zero-order valence-electron chi connectivity index (χ0n) is 10.6. The molecule has 0 radical (unpaired) electrons. The van der Waals surface area contributed by atoms with Gasteiger partial charge in [0.25, 0.3) is 0 Å². The van der Waals surface area contributed by atoms with Crippen LogP contribution >= 0.6 is 0 Å². The molecule has 0 bridgehead atoms. The van der Waals surface area contributed by atoms with Gasteiger partial charge in [-0.3, -0.25) is 0 Å². The number of ether oxygens (including phenoxy) is 3. The van der Waals surface area contributed by atoms with Gasteiger partial charge in [-0.2, -0.15) is 0 Å². The van der Waals surface area contributed by atoms with Crippen molar-refractivity contribution in [3.63, 3.8) is 0 Å². The van der Waals surface area contributed by atoms with Crippen molar-refractivity contribution in [2.45, 2.75) is 18.9 Å². The van der Waals surface area contributed by atoms with Crippen molar-refractivity contribution in [1.29, 1.82) is 0 Å². The molecular weight excluding hydrogens is 220 g/mol. The molecule has 1 atom stereocenters. The molecule has 96 valence electrons. The van der Waals surface area contributed by atoms with Gasteiger partial charge in [-0.25, -0.2) is 0 Å². The molecule has 0 amide bonds. The lowest BCUT2D eigenvalue weighted by molar-refractivity contribution is 0.131. The van der Waals surface area contributed by atoms with Gasteiger partial charge in [-0.15, -0.1) is 0 Å². The summed E-state index contributed by atoms with van der Waals surface area (Å²) in [6, 6.07) is 5.47. The van der Waals surface area contributed by atoms with Crippen molar-refractivity contribution in [3.8, 4) is 11.5 Å². The maximum Gasteiger partial charge on any atom is 0.128 e. The summed E-state index contributed by atoms with van der Waals surface area (Å²) in [5.41, 5.74) is 0.702. The average Bonchev–Trinajstić information content (AvgIpc) is 2.37. The highest BCUT2D eigenvalue weighted by atomic mass is 16.5. The van der Waals surface area contributed by atoms with E-state index in [1.54, 1.807) is 21.3 Å². The van der Waals surface area contributed by atoms with Crippen LogP contribution in [0.4, 0.5) is 0 Å². The van der Waals surface area contributed by atoms with Crippen molar-refractivity contribution in [2.75, 3.05) is 27.9 Å². The zero-order valence-corrected chi connectivity index (χ0v) is 10.6. The number of aliphatic hydroxyl groups excluding tert-OH is 1. The number of methoxy groups -OCH3 is 3. The summed E-state index contributed by atoms with van der Waals surface area (Å²) in [6.45, 7) is 0.633. The van der Waals surface area contributed by atoms with E-state index in [9.17, 15) is 5.11 Å². The summed E-state index contributed by atoms with van der Waals surface area (Å²) in [4.78, 5) is 0. The van der Waals surface area contributed by atoms with Crippen molar-refractivity contribution >= 4 is 0 Å². The fraction of sp³-hybridized carbons (Fsp3) is 0.538. The van der Waals surface area contributed by atoms with Crippen LogP contribution in [-0.2, 0) is 4.74 Å². The normalized spacial score (nSPS) is 12.2. The molecule has 0 aromatic heterocycles.